The topological polar surface area (TPSA) is 54.9 Å². The van der Waals surface area contributed by atoms with Gasteiger partial charge in [0.15, 0.2) is 0 Å². The van der Waals surface area contributed by atoms with Crippen molar-refractivity contribution in [3.8, 4) is 11.3 Å². The fourth-order valence-electron chi connectivity index (χ4n) is 4.10. The van der Waals surface area contributed by atoms with Gasteiger partial charge in [-0.15, -0.1) is 0 Å². The SMILES string of the molecule is CCc1nc(-c2ccc(Cl)cc2Cl)c(CC)nc1N[C@@H]1c2ccccc2C[C@H]1C=O. The molecular weight excluding hydrogens is 417 g/mol. The zero-order valence-corrected chi connectivity index (χ0v) is 18.5. The number of nitrogens with zero attached hydrogens (tertiary/aromatic N) is 2. The smallest absolute Gasteiger partial charge is 0.148 e. The Morgan fingerprint density at radius 2 is 1.83 bits per heavy atom. The van der Waals surface area contributed by atoms with Crippen LogP contribution in [0.2, 0.25) is 10.0 Å². The number of aldehydes is 1. The minimum atomic E-state index is -0.121. The molecule has 30 heavy (non-hydrogen) atoms. The van der Waals surface area contributed by atoms with E-state index in [2.05, 4.69) is 17.4 Å². The van der Waals surface area contributed by atoms with Crippen molar-refractivity contribution in [3.63, 3.8) is 0 Å². The monoisotopic (exact) mass is 439 g/mol. The molecule has 1 heterocycles. The molecule has 2 atom stereocenters. The lowest BCUT2D eigenvalue weighted by atomic mass is 10.0. The lowest BCUT2D eigenvalue weighted by molar-refractivity contribution is -0.111. The normalized spacial score (nSPS) is 17.6. The maximum Gasteiger partial charge on any atom is 0.148 e. The van der Waals surface area contributed by atoms with Crippen molar-refractivity contribution < 1.29 is 4.79 Å². The van der Waals surface area contributed by atoms with E-state index in [4.69, 9.17) is 33.2 Å². The fourth-order valence-corrected chi connectivity index (χ4v) is 4.59. The molecule has 1 aliphatic rings. The number of nitrogens with one attached hydrogen (secondary N) is 1. The number of carbonyl (C=O) groups is 1. The number of aromatic nitrogens is 2. The van der Waals surface area contributed by atoms with Gasteiger partial charge in [0.1, 0.15) is 12.1 Å². The van der Waals surface area contributed by atoms with Crippen molar-refractivity contribution >= 4 is 35.3 Å². The number of benzene rings is 2. The molecule has 6 heteroatoms. The second-order valence-electron chi connectivity index (χ2n) is 7.47. The first kappa shape index (κ1) is 20.8. The quantitative estimate of drug-likeness (QED) is 0.471. The van der Waals surface area contributed by atoms with Crippen LogP contribution in [0, 0.1) is 5.92 Å². The van der Waals surface area contributed by atoms with Gasteiger partial charge in [-0.2, -0.15) is 0 Å². The summed E-state index contributed by atoms with van der Waals surface area (Å²) in [6.07, 6.45) is 3.20. The van der Waals surface area contributed by atoms with Crippen molar-refractivity contribution in [1.29, 1.82) is 0 Å². The summed E-state index contributed by atoms with van der Waals surface area (Å²) < 4.78 is 0. The second kappa shape index (κ2) is 8.75. The summed E-state index contributed by atoms with van der Waals surface area (Å²) >= 11 is 12.5. The van der Waals surface area contributed by atoms with Gasteiger partial charge in [0.05, 0.1) is 28.1 Å². The first-order chi connectivity index (χ1) is 14.5. The first-order valence-electron chi connectivity index (χ1n) is 10.2. The third kappa shape index (κ3) is 3.82. The molecule has 4 rings (SSSR count). The average Bonchev–Trinajstić information content (AvgIpc) is 3.11. The average molecular weight is 440 g/mol. The van der Waals surface area contributed by atoms with Crippen LogP contribution >= 0.6 is 23.2 Å². The van der Waals surface area contributed by atoms with Crippen LogP contribution in [-0.4, -0.2) is 16.3 Å². The Morgan fingerprint density at radius 1 is 1.07 bits per heavy atom. The standard InChI is InChI=1S/C24H23Cl2N3O/c1-3-20-23(18-10-9-16(25)12-19(18)26)27-21(4-2)24(28-20)29-22-15(13-30)11-14-7-5-6-8-17(14)22/h5-10,12-13,15,22H,3-4,11H2,1-2H3,(H,28,29)/t15-,22-/m0/s1. The molecule has 4 nitrogen and oxygen atoms in total. The van der Waals surface area contributed by atoms with Crippen LogP contribution in [0.4, 0.5) is 5.82 Å². The Bertz CT molecular complexity index is 1100. The molecule has 0 fully saturated rings. The van der Waals surface area contributed by atoms with Crippen LogP contribution in [0.1, 0.15) is 42.4 Å². The molecule has 1 aromatic heterocycles. The Balaban J connectivity index is 1.77. The minimum Gasteiger partial charge on any atom is -0.361 e. The molecule has 0 unspecified atom stereocenters. The van der Waals surface area contributed by atoms with E-state index in [1.807, 2.05) is 38.1 Å². The summed E-state index contributed by atoms with van der Waals surface area (Å²) in [5.41, 5.74) is 5.67. The Labute approximate surface area is 186 Å². The predicted octanol–water partition coefficient (Wildman–Crippen LogP) is 6.10. The van der Waals surface area contributed by atoms with Gasteiger partial charge in [0.2, 0.25) is 0 Å². The van der Waals surface area contributed by atoms with Crippen LogP contribution in [0.25, 0.3) is 11.3 Å². The van der Waals surface area contributed by atoms with Crippen LogP contribution in [0.3, 0.4) is 0 Å². The molecule has 0 saturated carbocycles. The number of rotatable bonds is 6. The summed E-state index contributed by atoms with van der Waals surface area (Å²) in [5.74, 6) is 0.612. The second-order valence-corrected chi connectivity index (χ2v) is 8.31. The summed E-state index contributed by atoms with van der Waals surface area (Å²) in [4.78, 5) is 21.6. The third-order valence-electron chi connectivity index (χ3n) is 5.64. The summed E-state index contributed by atoms with van der Waals surface area (Å²) in [5, 5.41) is 4.68. The van der Waals surface area contributed by atoms with Crippen LogP contribution < -0.4 is 5.32 Å². The number of hydrogen-bond acceptors (Lipinski definition) is 4. The summed E-state index contributed by atoms with van der Waals surface area (Å²) in [6.45, 7) is 4.10. The molecular formula is C24H23Cl2N3O. The van der Waals surface area contributed by atoms with Crippen molar-refractivity contribution in [2.75, 3.05) is 5.32 Å². The fraction of sp³-hybridized carbons (Fsp3) is 0.292. The molecule has 0 amide bonds. The highest BCUT2D eigenvalue weighted by Gasteiger charge is 2.33. The predicted molar refractivity (Wildman–Crippen MR) is 122 cm³/mol. The van der Waals surface area contributed by atoms with Crippen molar-refractivity contribution in [1.82, 2.24) is 9.97 Å². The van der Waals surface area contributed by atoms with Crippen LogP contribution in [-0.2, 0) is 24.1 Å². The number of aryl methyl sites for hydroxylation is 2. The van der Waals surface area contributed by atoms with Crippen molar-refractivity contribution in [2.45, 2.75) is 39.2 Å². The number of fused-ring (bicyclic) bond motifs is 1. The molecule has 0 bridgehead atoms. The van der Waals surface area contributed by atoms with Gasteiger partial charge in [-0.3, -0.25) is 0 Å². The van der Waals surface area contributed by atoms with E-state index in [9.17, 15) is 4.79 Å². The van der Waals surface area contributed by atoms with Gasteiger partial charge in [-0.05, 0) is 48.6 Å². The minimum absolute atomic E-state index is 0.104. The van der Waals surface area contributed by atoms with Crippen LogP contribution in [0.15, 0.2) is 42.5 Å². The van der Waals surface area contributed by atoms with Gasteiger partial charge >= 0.3 is 0 Å². The summed E-state index contributed by atoms with van der Waals surface area (Å²) in [7, 11) is 0. The lowest BCUT2D eigenvalue weighted by Gasteiger charge is -2.22. The Morgan fingerprint density at radius 3 is 2.53 bits per heavy atom. The molecule has 0 spiro atoms. The van der Waals surface area contributed by atoms with Crippen LogP contribution in [0.5, 0.6) is 0 Å². The first-order valence-corrected chi connectivity index (χ1v) is 11.0. The lowest BCUT2D eigenvalue weighted by Crippen LogP contribution is -2.20. The molecule has 1 N–H and O–H groups in total. The zero-order chi connectivity index (χ0) is 21.3. The number of carbonyl (C=O) groups excluding carboxylic acids is 1. The van der Waals surface area contributed by atoms with Gasteiger partial charge in [-0.1, -0.05) is 61.3 Å². The molecule has 0 radical (unpaired) electrons. The third-order valence-corrected chi connectivity index (χ3v) is 6.18. The van der Waals surface area contributed by atoms with Crippen molar-refractivity contribution in [3.05, 3.63) is 75.0 Å². The van der Waals surface area contributed by atoms with Gasteiger partial charge in [-0.25, -0.2) is 9.97 Å². The number of anilines is 1. The number of hydrogen-bond donors (Lipinski definition) is 1. The van der Waals surface area contributed by atoms with E-state index in [0.717, 1.165) is 46.7 Å². The maximum absolute atomic E-state index is 11.8. The van der Waals surface area contributed by atoms with E-state index in [1.165, 1.54) is 5.56 Å². The zero-order valence-electron chi connectivity index (χ0n) is 17.0. The van der Waals surface area contributed by atoms with E-state index >= 15 is 0 Å². The van der Waals surface area contributed by atoms with E-state index in [-0.39, 0.29) is 12.0 Å². The molecule has 3 aromatic rings. The molecule has 2 aromatic carbocycles. The largest absolute Gasteiger partial charge is 0.361 e. The summed E-state index contributed by atoms with van der Waals surface area (Å²) in [6, 6.07) is 13.5. The maximum atomic E-state index is 11.8. The van der Waals surface area contributed by atoms with Gasteiger partial charge in [0.25, 0.3) is 0 Å². The highest BCUT2D eigenvalue weighted by molar-refractivity contribution is 6.36. The number of halogens is 2. The van der Waals surface area contributed by atoms with Gasteiger partial charge in [0, 0.05) is 16.5 Å². The molecule has 1 aliphatic carbocycles. The Kier molecular flexibility index (Phi) is 6.07. The Hall–Kier alpha value is -2.43. The molecule has 0 aliphatic heterocycles. The van der Waals surface area contributed by atoms with Crippen molar-refractivity contribution in [2.24, 2.45) is 5.92 Å². The molecule has 0 saturated heterocycles. The van der Waals surface area contributed by atoms with Gasteiger partial charge < -0.3 is 10.1 Å². The molecule has 154 valence electrons. The van der Waals surface area contributed by atoms with E-state index in [1.54, 1.807) is 6.07 Å². The highest BCUT2D eigenvalue weighted by atomic mass is 35.5. The van der Waals surface area contributed by atoms with E-state index < -0.39 is 0 Å². The van der Waals surface area contributed by atoms with E-state index in [0.29, 0.717) is 22.9 Å². The highest BCUT2D eigenvalue weighted by Crippen LogP contribution is 2.38.